The van der Waals surface area contributed by atoms with E-state index in [0.29, 0.717) is 6.54 Å². The molecule has 3 heteroatoms. The van der Waals surface area contributed by atoms with Crippen molar-refractivity contribution >= 4 is 12.4 Å². The molecule has 0 amide bonds. The van der Waals surface area contributed by atoms with Crippen LogP contribution in [0.4, 0.5) is 0 Å². The summed E-state index contributed by atoms with van der Waals surface area (Å²) in [7, 11) is 0. The molecular formula is C14H16ClNO. The summed E-state index contributed by atoms with van der Waals surface area (Å²) in [4.78, 5) is 0. The molecule has 0 aromatic heterocycles. The maximum Gasteiger partial charge on any atom is 0.127 e. The summed E-state index contributed by atoms with van der Waals surface area (Å²) in [5.41, 5.74) is 6.73. The molecule has 0 unspecified atom stereocenters. The number of nitrogens with two attached hydrogens (primary N) is 1. The van der Waals surface area contributed by atoms with Gasteiger partial charge in [-0.05, 0) is 42.8 Å². The second kappa shape index (κ2) is 6.94. The first-order valence-corrected chi connectivity index (χ1v) is 5.40. The van der Waals surface area contributed by atoms with E-state index in [1.54, 1.807) is 0 Å². The SMILES string of the molecule is Cl.NCCc1cccc(Oc2ccccc2)c1. The van der Waals surface area contributed by atoms with Crippen molar-refractivity contribution in [3.05, 3.63) is 60.2 Å². The lowest BCUT2D eigenvalue weighted by atomic mass is 10.1. The largest absolute Gasteiger partial charge is 0.457 e. The van der Waals surface area contributed by atoms with Crippen molar-refractivity contribution in [3.8, 4) is 11.5 Å². The fourth-order valence-corrected chi connectivity index (χ4v) is 1.56. The van der Waals surface area contributed by atoms with Crippen LogP contribution in [0.2, 0.25) is 0 Å². The van der Waals surface area contributed by atoms with Crippen LogP contribution in [0.1, 0.15) is 5.56 Å². The monoisotopic (exact) mass is 249 g/mol. The molecule has 17 heavy (non-hydrogen) atoms. The molecule has 0 aliphatic heterocycles. The van der Waals surface area contributed by atoms with E-state index >= 15 is 0 Å². The highest BCUT2D eigenvalue weighted by atomic mass is 35.5. The normalized spacial score (nSPS) is 9.47. The maximum atomic E-state index is 5.72. The van der Waals surface area contributed by atoms with Gasteiger partial charge in [-0.25, -0.2) is 0 Å². The Morgan fingerprint density at radius 1 is 0.882 bits per heavy atom. The van der Waals surface area contributed by atoms with E-state index < -0.39 is 0 Å². The Morgan fingerprint density at radius 2 is 1.59 bits per heavy atom. The molecule has 2 N–H and O–H groups in total. The fourth-order valence-electron chi connectivity index (χ4n) is 1.56. The number of rotatable bonds is 4. The van der Waals surface area contributed by atoms with Crippen LogP contribution in [-0.2, 0) is 6.42 Å². The summed E-state index contributed by atoms with van der Waals surface area (Å²) < 4.78 is 5.72. The Hall–Kier alpha value is -1.51. The van der Waals surface area contributed by atoms with Crippen molar-refractivity contribution in [2.24, 2.45) is 5.73 Å². The number of halogens is 1. The Labute approximate surface area is 108 Å². The third-order valence-electron chi connectivity index (χ3n) is 2.31. The van der Waals surface area contributed by atoms with Crippen LogP contribution in [0.3, 0.4) is 0 Å². The molecule has 2 aromatic carbocycles. The van der Waals surface area contributed by atoms with E-state index in [1.807, 2.05) is 48.5 Å². The van der Waals surface area contributed by atoms with Crippen LogP contribution in [0.15, 0.2) is 54.6 Å². The molecule has 0 aliphatic rings. The first-order valence-electron chi connectivity index (χ1n) is 5.40. The topological polar surface area (TPSA) is 35.2 Å². The second-order valence-corrected chi connectivity index (χ2v) is 3.60. The third-order valence-corrected chi connectivity index (χ3v) is 2.31. The van der Waals surface area contributed by atoms with Crippen LogP contribution in [0, 0.1) is 0 Å². The zero-order valence-corrected chi connectivity index (χ0v) is 10.3. The average Bonchev–Trinajstić information content (AvgIpc) is 2.31. The third kappa shape index (κ3) is 4.10. The van der Waals surface area contributed by atoms with Crippen molar-refractivity contribution in [2.45, 2.75) is 6.42 Å². The van der Waals surface area contributed by atoms with Crippen LogP contribution in [0.5, 0.6) is 11.5 Å². The van der Waals surface area contributed by atoms with Crippen molar-refractivity contribution in [2.75, 3.05) is 6.54 Å². The van der Waals surface area contributed by atoms with Crippen LogP contribution in [-0.4, -0.2) is 6.54 Å². The Balaban J connectivity index is 0.00000144. The van der Waals surface area contributed by atoms with Gasteiger partial charge >= 0.3 is 0 Å². The van der Waals surface area contributed by atoms with Crippen LogP contribution >= 0.6 is 12.4 Å². The molecule has 0 atom stereocenters. The van der Waals surface area contributed by atoms with Crippen molar-refractivity contribution < 1.29 is 4.74 Å². The van der Waals surface area contributed by atoms with E-state index in [2.05, 4.69) is 6.07 Å². The predicted molar refractivity (Wildman–Crippen MR) is 73.0 cm³/mol. The van der Waals surface area contributed by atoms with Gasteiger partial charge in [-0.15, -0.1) is 12.4 Å². The molecule has 0 spiro atoms. The number of ether oxygens (including phenoxy) is 1. The minimum Gasteiger partial charge on any atom is -0.457 e. The smallest absolute Gasteiger partial charge is 0.127 e. The molecule has 0 bridgehead atoms. The Kier molecular flexibility index (Phi) is 5.53. The molecule has 0 aliphatic carbocycles. The molecule has 90 valence electrons. The lowest BCUT2D eigenvalue weighted by molar-refractivity contribution is 0.482. The fraction of sp³-hybridized carbons (Fsp3) is 0.143. The summed E-state index contributed by atoms with van der Waals surface area (Å²) in [6.45, 7) is 0.661. The summed E-state index contributed by atoms with van der Waals surface area (Å²) in [5, 5.41) is 0. The average molecular weight is 250 g/mol. The predicted octanol–water partition coefficient (Wildman–Crippen LogP) is 3.40. The molecular weight excluding hydrogens is 234 g/mol. The first kappa shape index (κ1) is 13.6. The van der Waals surface area contributed by atoms with Gasteiger partial charge in [0.05, 0.1) is 0 Å². The zero-order chi connectivity index (χ0) is 11.2. The van der Waals surface area contributed by atoms with E-state index in [9.17, 15) is 0 Å². The van der Waals surface area contributed by atoms with Gasteiger partial charge in [-0.3, -0.25) is 0 Å². The quantitative estimate of drug-likeness (QED) is 0.901. The summed E-state index contributed by atoms with van der Waals surface area (Å²) in [6.07, 6.45) is 0.881. The summed E-state index contributed by atoms with van der Waals surface area (Å²) in [5.74, 6) is 1.71. The molecule has 2 nitrogen and oxygen atoms in total. The van der Waals surface area contributed by atoms with Gasteiger partial charge < -0.3 is 10.5 Å². The minimum absolute atomic E-state index is 0. The van der Waals surface area contributed by atoms with Gasteiger partial charge in [0.15, 0.2) is 0 Å². The van der Waals surface area contributed by atoms with E-state index in [4.69, 9.17) is 10.5 Å². The lowest BCUT2D eigenvalue weighted by Crippen LogP contribution is -2.02. The van der Waals surface area contributed by atoms with Crippen molar-refractivity contribution in [1.29, 1.82) is 0 Å². The van der Waals surface area contributed by atoms with E-state index in [0.717, 1.165) is 17.9 Å². The highest BCUT2D eigenvalue weighted by molar-refractivity contribution is 5.85. The highest BCUT2D eigenvalue weighted by Crippen LogP contribution is 2.21. The van der Waals surface area contributed by atoms with E-state index in [-0.39, 0.29) is 12.4 Å². The first-order chi connectivity index (χ1) is 7.88. The Bertz CT molecular complexity index is 445. The number of hydrogen-bond acceptors (Lipinski definition) is 2. The molecule has 0 heterocycles. The molecule has 0 saturated carbocycles. The minimum atomic E-state index is 0. The molecule has 0 fully saturated rings. The Morgan fingerprint density at radius 3 is 2.29 bits per heavy atom. The van der Waals surface area contributed by atoms with Gasteiger partial charge in [0.25, 0.3) is 0 Å². The molecule has 2 rings (SSSR count). The van der Waals surface area contributed by atoms with E-state index in [1.165, 1.54) is 5.56 Å². The zero-order valence-electron chi connectivity index (χ0n) is 9.50. The lowest BCUT2D eigenvalue weighted by Gasteiger charge is -2.06. The van der Waals surface area contributed by atoms with Crippen molar-refractivity contribution in [3.63, 3.8) is 0 Å². The van der Waals surface area contributed by atoms with Crippen LogP contribution in [0.25, 0.3) is 0 Å². The number of hydrogen-bond donors (Lipinski definition) is 1. The van der Waals surface area contributed by atoms with Gasteiger partial charge in [0, 0.05) is 0 Å². The van der Waals surface area contributed by atoms with Gasteiger partial charge in [0.2, 0.25) is 0 Å². The van der Waals surface area contributed by atoms with Crippen LogP contribution < -0.4 is 10.5 Å². The number of para-hydroxylation sites is 1. The summed E-state index contributed by atoms with van der Waals surface area (Å²) >= 11 is 0. The number of benzene rings is 2. The highest BCUT2D eigenvalue weighted by Gasteiger charge is 1.97. The molecule has 0 saturated heterocycles. The molecule has 2 aromatic rings. The second-order valence-electron chi connectivity index (χ2n) is 3.60. The van der Waals surface area contributed by atoms with Gasteiger partial charge in [-0.1, -0.05) is 30.3 Å². The van der Waals surface area contributed by atoms with Gasteiger partial charge in [0.1, 0.15) is 11.5 Å². The molecule has 0 radical (unpaired) electrons. The van der Waals surface area contributed by atoms with Crippen molar-refractivity contribution in [1.82, 2.24) is 0 Å². The summed E-state index contributed by atoms with van der Waals surface area (Å²) in [6, 6.07) is 17.8. The standard InChI is InChI=1S/C14H15NO.ClH/c15-10-9-12-5-4-8-14(11-12)16-13-6-2-1-3-7-13;/h1-8,11H,9-10,15H2;1H. The maximum absolute atomic E-state index is 5.72. The van der Waals surface area contributed by atoms with Gasteiger partial charge in [-0.2, -0.15) is 0 Å².